The summed E-state index contributed by atoms with van der Waals surface area (Å²) in [4.78, 5) is 13.9. The zero-order valence-electron chi connectivity index (χ0n) is 16.3. The van der Waals surface area contributed by atoms with Crippen molar-refractivity contribution < 1.29 is 13.2 Å². The molecule has 1 aliphatic heterocycles. The second-order valence-electron chi connectivity index (χ2n) is 6.95. The minimum atomic E-state index is -3.47. The maximum Gasteiger partial charge on any atom is 0.243 e. The van der Waals surface area contributed by atoms with Crippen LogP contribution in [-0.4, -0.2) is 37.0 Å². The van der Waals surface area contributed by atoms with Crippen molar-refractivity contribution in [3.8, 4) is 0 Å². The summed E-state index contributed by atoms with van der Waals surface area (Å²) in [6, 6.07) is 13.8. The number of sulfonamides is 1. The van der Waals surface area contributed by atoms with Gasteiger partial charge in [0.05, 0.1) is 10.1 Å². The Morgan fingerprint density at radius 1 is 1.07 bits per heavy atom. The first kappa shape index (κ1) is 22.2. The molecule has 156 valence electrons. The lowest BCUT2D eigenvalue weighted by Gasteiger charge is -2.25. The lowest BCUT2D eigenvalue weighted by molar-refractivity contribution is -0.115. The molecular weight excluding hydrogens is 428 g/mol. The summed E-state index contributed by atoms with van der Waals surface area (Å²) in [5.74, 6) is -0.112. The Labute approximate surface area is 181 Å². The smallest absolute Gasteiger partial charge is 0.243 e. The van der Waals surface area contributed by atoms with E-state index in [4.69, 9.17) is 11.6 Å². The molecule has 0 saturated carbocycles. The van der Waals surface area contributed by atoms with Gasteiger partial charge in [-0.1, -0.05) is 24.9 Å². The zero-order chi connectivity index (χ0) is 20.9. The number of hydrogen-bond donors (Lipinski definition) is 1. The number of anilines is 1. The first-order chi connectivity index (χ1) is 13.9. The van der Waals surface area contributed by atoms with Gasteiger partial charge in [0.2, 0.25) is 15.9 Å². The van der Waals surface area contributed by atoms with Crippen LogP contribution in [0.15, 0.2) is 58.3 Å². The van der Waals surface area contributed by atoms with E-state index in [1.165, 1.54) is 11.8 Å². The minimum Gasteiger partial charge on any atom is -0.325 e. The Balaban J connectivity index is 1.64. The van der Waals surface area contributed by atoms with Crippen LogP contribution in [0.4, 0.5) is 5.69 Å². The second kappa shape index (κ2) is 9.98. The molecule has 29 heavy (non-hydrogen) atoms. The fourth-order valence-corrected chi connectivity index (χ4v) is 5.78. The molecule has 1 aliphatic rings. The van der Waals surface area contributed by atoms with E-state index in [1.807, 2.05) is 19.1 Å². The third kappa shape index (κ3) is 5.75. The molecule has 0 aromatic heterocycles. The molecule has 1 fully saturated rings. The van der Waals surface area contributed by atoms with Gasteiger partial charge >= 0.3 is 0 Å². The molecule has 0 spiro atoms. The van der Waals surface area contributed by atoms with Crippen molar-refractivity contribution in [2.24, 2.45) is 0 Å². The maximum absolute atomic E-state index is 12.7. The van der Waals surface area contributed by atoms with Crippen LogP contribution in [0.25, 0.3) is 0 Å². The van der Waals surface area contributed by atoms with Gasteiger partial charge in [0.25, 0.3) is 0 Å². The van der Waals surface area contributed by atoms with Crippen molar-refractivity contribution >= 4 is 45.0 Å². The van der Waals surface area contributed by atoms with Crippen molar-refractivity contribution in [1.82, 2.24) is 4.31 Å². The van der Waals surface area contributed by atoms with E-state index < -0.39 is 10.0 Å². The molecule has 1 atom stereocenters. The first-order valence-electron chi connectivity index (χ1n) is 9.73. The molecule has 5 nitrogen and oxygen atoms in total. The van der Waals surface area contributed by atoms with E-state index in [0.29, 0.717) is 30.2 Å². The largest absolute Gasteiger partial charge is 0.325 e. The molecule has 0 unspecified atom stereocenters. The Morgan fingerprint density at radius 3 is 2.28 bits per heavy atom. The number of piperidine rings is 1. The molecule has 1 heterocycles. The van der Waals surface area contributed by atoms with E-state index in [0.717, 1.165) is 24.2 Å². The van der Waals surface area contributed by atoms with E-state index in [2.05, 4.69) is 5.32 Å². The van der Waals surface area contributed by atoms with Crippen LogP contribution in [0, 0.1) is 0 Å². The van der Waals surface area contributed by atoms with E-state index >= 15 is 0 Å². The topological polar surface area (TPSA) is 66.5 Å². The molecule has 2 aromatic rings. The number of amides is 1. The third-order valence-electron chi connectivity index (χ3n) is 4.83. The molecule has 1 amide bonds. The third-order valence-corrected chi connectivity index (χ3v) is 8.37. The second-order valence-corrected chi connectivity index (χ2v) is 10.6. The normalized spacial score (nSPS) is 16.3. The fourth-order valence-electron chi connectivity index (χ4n) is 3.19. The predicted molar refractivity (Wildman–Crippen MR) is 119 cm³/mol. The van der Waals surface area contributed by atoms with Gasteiger partial charge in [0.1, 0.15) is 0 Å². The van der Waals surface area contributed by atoms with Crippen molar-refractivity contribution in [3.63, 3.8) is 0 Å². The summed E-state index contributed by atoms with van der Waals surface area (Å²) in [5, 5.41) is 3.29. The maximum atomic E-state index is 12.7. The summed E-state index contributed by atoms with van der Waals surface area (Å²) in [5.41, 5.74) is 0.586. The van der Waals surface area contributed by atoms with E-state index in [9.17, 15) is 13.2 Å². The van der Waals surface area contributed by atoms with Crippen molar-refractivity contribution in [2.45, 2.75) is 47.6 Å². The highest BCUT2D eigenvalue weighted by Crippen LogP contribution is 2.28. The fraction of sp³-hybridized carbons (Fsp3) is 0.381. The number of benzene rings is 2. The average molecular weight is 453 g/mol. The van der Waals surface area contributed by atoms with Gasteiger partial charge in [0, 0.05) is 28.7 Å². The lowest BCUT2D eigenvalue weighted by Crippen LogP contribution is -2.35. The van der Waals surface area contributed by atoms with Crippen LogP contribution in [0.3, 0.4) is 0 Å². The molecule has 0 aliphatic carbocycles. The highest BCUT2D eigenvalue weighted by molar-refractivity contribution is 8.00. The number of carbonyl (C=O) groups excluding carboxylic acids is 1. The predicted octanol–water partition coefficient (Wildman–Crippen LogP) is 5.02. The summed E-state index contributed by atoms with van der Waals surface area (Å²) >= 11 is 7.39. The molecule has 1 N–H and O–H groups in total. The molecule has 3 rings (SSSR count). The van der Waals surface area contributed by atoms with Gasteiger partial charge in [0.15, 0.2) is 0 Å². The molecule has 0 bridgehead atoms. The Hall–Kier alpha value is -1.54. The number of halogens is 1. The van der Waals surface area contributed by atoms with Gasteiger partial charge in [-0.15, -0.1) is 11.8 Å². The monoisotopic (exact) mass is 452 g/mol. The van der Waals surface area contributed by atoms with Crippen LogP contribution in [-0.2, 0) is 14.8 Å². The van der Waals surface area contributed by atoms with Crippen LogP contribution in [0.1, 0.15) is 32.6 Å². The Kier molecular flexibility index (Phi) is 7.62. The summed E-state index contributed by atoms with van der Waals surface area (Å²) in [6.07, 6.45) is 3.54. The van der Waals surface area contributed by atoms with Crippen LogP contribution < -0.4 is 5.32 Å². The Morgan fingerprint density at radius 2 is 1.69 bits per heavy atom. The average Bonchev–Trinajstić information content (AvgIpc) is 2.74. The number of carbonyl (C=O) groups is 1. The number of hydrogen-bond acceptors (Lipinski definition) is 4. The number of thioether (sulfide) groups is 1. The van der Waals surface area contributed by atoms with Gasteiger partial charge in [-0.25, -0.2) is 8.42 Å². The van der Waals surface area contributed by atoms with Gasteiger partial charge in [-0.3, -0.25) is 4.79 Å². The SMILES string of the molecule is CC[C@H](Sc1ccc(Cl)cc1)C(=O)Nc1ccc(S(=O)(=O)N2CCCCC2)cc1. The summed E-state index contributed by atoms with van der Waals surface area (Å²) < 4.78 is 27.0. The molecular formula is C21H25ClN2O3S2. The number of nitrogens with zero attached hydrogens (tertiary/aromatic N) is 1. The first-order valence-corrected chi connectivity index (χ1v) is 12.4. The van der Waals surface area contributed by atoms with E-state index in [-0.39, 0.29) is 16.1 Å². The van der Waals surface area contributed by atoms with E-state index in [1.54, 1.807) is 40.7 Å². The zero-order valence-corrected chi connectivity index (χ0v) is 18.7. The summed E-state index contributed by atoms with van der Waals surface area (Å²) in [7, 11) is -3.47. The Bertz CT molecular complexity index is 925. The van der Waals surface area contributed by atoms with Gasteiger partial charge < -0.3 is 5.32 Å². The quantitative estimate of drug-likeness (QED) is 0.598. The number of nitrogens with one attached hydrogen (secondary N) is 1. The van der Waals surface area contributed by atoms with Gasteiger partial charge in [-0.05, 0) is 67.8 Å². The highest BCUT2D eigenvalue weighted by Gasteiger charge is 2.26. The standard InChI is InChI=1S/C21H25ClN2O3S2/c1-2-20(28-18-10-6-16(22)7-11-18)21(25)23-17-8-12-19(13-9-17)29(26,27)24-14-4-3-5-15-24/h6-13,20H,2-5,14-15H2,1H3,(H,23,25)/t20-/m0/s1. The van der Waals surface area contributed by atoms with Crippen LogP contribution in [0.5, 0.6) is 0 Å². The van der Waals surface area contributed by atoms with Crippen molar-refractivity contribution in [3.05, 3.63) is 53.6 Å². The number of rotatable bonds is 7. The van der Waals surface area contributed by atoms with Gasteiger partial charge in [-0.2, -0.15) is 4.31 Å². The van der Waals surface area contributed by atoms with Crippen molar-refractivity contribution in [1.29, 1.82) is 0 Å². The van der Waals surface area contributed by atoms with Crippen LogP contribution in [0.2, 0.25) is 5.02 Å². The lowest BCUT2D eigenvalue weighted by atomic mass is 10.2. The molecule has 1 saturated heterocycles. The molecule has 0 radical (unpaired) electrons. The molecule has 8 heteroatoms. The summed E-state index contributed by atoms with van der Waals surface area (Å²) in [6.45, 7) is 3.10. The van der Waals surface area contributed by atoms with Crippen LogP contribution >= 0.6 is 23.4 Å². The minimum absolute atomic E-state index is 0.112. The van der Waals surface area contributed by atoms with Crippen molar-refractivity contribution in [2.75, 3.05) is 18.4 Å². The molecule has 2 aromatic carbocycles. The highest BCUT2D eigenvalue weighted by atomic mass is 35.5.